The van der Waals surface area contributed by atoms with Gasteiger partial charge in [0.2, 0.25) is 11.8 Å². The van der Waals surface area contributed by atoms with E-state index in [2.05, 4.69) is 36.6 Å². The van der Waals surface area contributed by atoms with E-state index in [9.17, 15) is 9.59 Å². The third kappa shape index (κ3) is 7.61. The monoisotopic (exact) mass is 374 g/mol. The molecule has 0 aromatic heterocycles. The molecule has 27 heavy (non-hydrogen) atoms. The van der Waals surface area contributed by atoms with Crippen LogP contribution in [0.5, 0.6) is 5.75 Å². The largest absolute Gasteiger partial charge is 0.492 e. The van der Waals surface area contributed by atoms with Crippen molar-refractivity contribution in [2.75, 3.05) is 13.2 Å². The van der Waals surface area contributed by atoms with Crippen LogP contribution in [0, 0.1) is 5.92 Å². The van der Waals surface area contributed by atoms with Crippen LogP contribution in [0.1, 0.15) is 70.8 Å². The van der Waals surface area contributed by atoms with Crippen molar-refractivity contribution in [3.05, 3.63) is 29.8 Å². The van der Waals surface area contributed by atoms with E-state index in [-0.39, 0.29) is 11.8 Å². The molecule has 0 aliphatic heterocycles. The number of amides is 2. The molecule has 1 aromatic carbocycles. The average molecular weight is 375 g/mol. The molecule has 0 heterocycles. The van der Waals surface area contributed by atoms with Gasteiger partial charge in [-0.1, -0.05) is 45.2 Å². The van der Waals surface area contributed by atoms with Gasteiger partial charge in [-0.2, -0.15) is 0 Å². The van der Waals surface area contributed by atoms with E-state index < -0.39 is 6.04 Å². The summed E-state index contributed by atoms with van der Waals surface area (Å²) in [5.41, 5.74) is 1.27. The second-order valence-corrected chi connectivity index (χ2v) is 7.86. The van der Waals surface area contributed by atoms with E-state index >= 15 is 0 Å². The van der Waals surface area contributed by atoms with E-state index in [1.807, 2.05) is 12.1 Å². The number of hydrogen-bond donors (Lipinski definition) is 2. The maximum absolute atomic E-state index is 12.1. The summed E-state index contributed by atoms with van der Waals surface area (Å²) in [6.07, 6.45) is 6.50. The van der Waals surface area contributed by atoms with Crippen molar-refractivity contribution in [1.29, 1.82) is 0 Å². The van der Waals surface area contributed by atoms with Crippen molar-refractivity contribution < 1.29 is 14.3 Å². The number of carbonyl (C=O) groups excluding carboxylic acids is 2. The Labute approximate surface area is 163 Å². The molecule has 1 fully saturated rings. The third-order valence-electron chi connectivity index (χ3n) is 5.19. The molecule has 0 spiro atoms. The molecule has 2 rings (SSSR count). The van der Waals surface area contributed by atoms with E-state index in [0.717, 1.165) is 18.6 Å². The summed E-state index contributed by atoms with van der Waals surface area (Å²) in [4.78, 5) is 24.2. The summed E-state index contributed by atoms with van der Waals surface area (Å²) in [6.45, 7) is 6.84. The van der Waals surface area contributed by atoms with Gasteiger partial charge in [0.25, 0.3) is 0 Å². The van der Waals surface area contributed by atoms with Crippen molar-refractivity contribution in [2.45, 2.75) is 71.3 Å². The number of benzene rings is 1. The van der Waals surface area contributed by atoms with E-state index in [0.29, 0.717) is 31.4 Å². The van der Waals surface area contributed by atoms with Crippen LogP contribution in [0.15, 0.2) is 24.3 Å². The van der Waals surface area contributed by atoms with Crippen LogP contribution >= 0.6 is 0 Å². The van der Waals surface area contributed by atoms with E-state index in [1.165, 1.54) is 24.8 Å². The fraction of sp³-hybridized carbons (Fsp3) is 0.636. The summed E-state index contributed by atoms with van der Waals surface area (Å²) in [6, 6.07) is 7.49. The van der Waals surface area contributed by atoms with Crippen LogP contribution in [0.2, 0.25) is 0 Å². The van der Waals surface area contributed by atoms with Gasteiger partial charge in [0, 0.05) is 6.42 Å². The topological polar surface area (TPSA) is 67.4 Å². The summed E-state index contributed by atoms with van der Waals surface area (Å²) in [7, 11) is 0. The highest BCUT2D eigenvalue weighted by atomic mass is 16.5. The van der Waals surface area contributed by atoms with Crippen LogP contribution in [0.25, 0.3) is 0 Å². The molecule has 1 atom stereocenters. The zero-order valence-electron chi connectivity index (χ0n) is 16.9. The lowest BCUT2D eigenvalue weighted by molar-refractivity contribution is -0.129. The highest BCUT2D eigenvalue weighted by molar-refractivity contribution is 5.87. The fourth-order valence-electron chi connectivity index (χ4n) is 3.46. The quantitative estimate of drug-likeness (QED) is 0.647. The van der Waals surface area contributed by atoms with Crippen LogP contribution < -0.4 is 15.4 Å². The zero-order chi connectivity index (χ0) is 19.6. The fourth-order valence-corrected chi connectivity index (χ4v) is 3.46. The van der Waals surface area contributed by atoms with Crippen LogP contribution in [0.4, 0.5) is 0 Å². The molecule has 1 unspecified atom stereocenters. The molecule has 0 bridgehead atoms. The summed E-state index contributed by atoms with van der Waals surface area (Å²) < 4.78 is 5.65. The number of rotatable bonds is 9. The third-order valence-corrected chi connectivity index (χ3v) is 5.19. The predicted molar refractivity (Wildman–Crippen MR) is 108 cm³/mol. The Kier molecular flexibility index (Phi) is 8.62. The second kappa shape index (κ2) is 11.0. The molecule has 0 saturated heterocycles. The highest BCUT2D eigenvalue weighted by Crippen LogP contribution is 2.26. The molecule has 2 N–H and O–H groups in total. The maximum atomic E-state index is 12.1. The Morgan fingerprint density at radius 2 is 1.74 bits per heavy atom. The van der Waals surface area contributed by atoms with Crippen LogP contribution in [-0.4, -0.2) is 31.0 Å². The predicted octanol–water partition coefficient (Wildman–Crippen LogP) is 3.78. The first-order valence-electron chi connectivity index (χ1n) is 10.3. The minimum Gasteiger partial charge on any atom is -0.492 e. The number of carbonyl (C=O) groups is 2. The second-order valence-electron chi connectivity index (χ2n) is 7.86. The number of nitrogens with one attached hydrogen (secondary N) is 2. The molecule has 5 heteroatoms. The van der Waals surface area contributed by atoms with Crippen molar-refractivity contribution in [2.24, 2.45) is 5.92 Å². The lowest BCUT2D eigenvalue weighted by atomic mass is 9.87. The Morgan fingerprint density at radius 1 is 1.07 bits per heavy atom. The highest BCUT2D eigenvalue weighted by Gasteiger charge is 2.20. The Hall–Kier alpha value is -2.04. The van der Waals surface area contributed by atoms with Gasteiger partial charge in [-0.25, -0.2) is 0 Å². The van der Waals surface area contributed by atoms with E-state index in [1.54, 1.807) is 6.92 Å². The molecule has 1 saturated carbocycles. The Bertz CT molecular complexity index is 592. The van der Waals surface area contributed by atoms with Gasteiger partial charge in [-0.05, 0) is 49.3 Å². The van der Waals surface area contributed by atoms with Crippen molar-refractivity contribution in [1.82, 2.24) is 10.6 Å². The van der Waals surface area contributed by atoms with Crippen LogP contribution in [0.3, 0.4) is 0 Å². The maximum Gasteiger partial charge on any atom is 0.242 e. The van der Waals surface area contributed by atoms with Gasteiger partial charge in [0.1, 0.15) is 18.4 Å². The van der Waals surface area contributed by atoms with Crippen molar-refractivity contribution in [3.8, 4) is 5.75 Å². The standard InChI is InChI=1S/C22H34N2O3/c1-16(2)19-9-11-20(12-10-19)27-14-13-23-22(26)17(3)24-21(25)15-18-7-5-4-6-8-18/h9-12,16-18H,4-8,13-15H2,1-3H3,(H,23,26)(H,24,25). The first-order chi connectivity index (χ1) is 13.0. The lowest BCUT2D eigenvalue weighted by Crippen LogP contribution is -2.46. The summed E-state index contributed by atoms with van der Waals surface area (Å²) in [5, 5.41) is 5.62. The van der Waals surface area contributed by atoms with Gasteiger partial charge in [0.15, 0.2) is 0 Å². The first-order valence-corrected chi connectivity index (χ1v) is 10.3. The molecule has 2 amide bonds. The van der Waals surface area contributed by atoms with E-state index in [4.69, 9.17) is 4.74 Å². The van der Waals surface area contributed by atoms with Gasteiger partial charge in [-0.3, -0.25) is 9.59 Å². The lowest BCUT2D eigenvalue weighted by Gasteiger charge is -2.22. The van der Waals surface area contributed by atoms with Gasteiger partial charge >= 0.3 is 0 Å². The molecule has 5 nitrogen and oxygen atoms in total. The normalized spacial score (nSPS) is 16.0. The smallest absolute Gasteiger partial charge is 0.242 e. The number of ether oxygens (including phenoxy) is 1. The molecule has 1 aliphatic rings. The van der Waals surface area contributed by atoms with Crippen molar-refractivity contribution >= 4 is 11.8 Å². The Balaban J connectivity index is 1.62. The van der Waals surface area contributed by atoms with Gasteiger partial charge in [0.05, 0.1) is 6.54 Å². The molecule has 150 valence electrons. The zero-order valence-corrected chi connectivity index (χ0v) is 16.9. The van der Waals surface area contributed by atoms with Crippen LogP contribution in [-0.2, 0) is 9.59 Å². The summed E-state index contributed by atoms with van der Waals surface area (Å²) >= 11 is 0. The minimum atomic E-state index is -0.522. The molecular formula is C22H34N2O3. The molecule has 0 radical (unpaired) electrons. The van der Waals surface area contributed by atoms with Crippen molar-refractivity contribution in [3.63, 3.8) is 0 Å². The average Bonchev–Trinajstić information content (AvgIpc) is 2.66. The SMILES string of the molecule is CC(NC(=O)CC1CCCCC1)C(=O)NCCOc1ccc(C(C)C)cc1. The summed E-state index contributed by atoms with van der Waals surface area (Å²) in [5.74, 6) is 1.57. The molecular weight excluding hydrogens is 340 g/mol. The molecule has 1 aliphatic carbocycles. The van der Waals surface area contributed by atoms with Gasteiger partial charge in [-0.15, -0.1) is 0 Å². The number of hydrogen-bond acceptors (Lipinski definition) is 3. The molecule has 1 aromatic rings. The van der Waals surface area contributed by atoms with Gasteiger partial charge < -0.3 is 15.4 Å². The first kappa shape index (κ1) is 21.3. The Morgan fingerprint density at radius 3 is 2.37 bits per heavy atom. The minimum absolute atomic E-state index is 0.0222.